The van der Waals surface area contributed by atoms with Gasteiger partial charge >= 0.3 is 0 Å². The van der Waals surface area contributed by atoms with E-state index in [9.17, 15) is 0 Å². The summed E-state index contributed by atoms with van der Waals surface area (Å²) >= 11 is 0. The lowest BCUT2D eigenvalue weighted by atomic mass is 9.94. The quantitative estimate of drug-likeness (QED) is 0.872. The van der Waals surface area contributed by atoms with Crippen LogP contribution in [0.1, 0.15) is 39.5 Å². The van der Waals surface area contributed by atoms with Crippen LogP contribution in [-0.4, -0.2) is 39.2 Å². The van der Waals surface area contributed by atoms with Crippen LogP contribution in [0.15, 0.2) is 18.5 Å². The van der Waals surface area contributed by atoms with Gasteiger partial charge in [-0.05, 0) is 38.8 Å². The predicted molar refractivity (Wildman–Crippen MR) is 90.3 cm³/mol. The first kappa shape index (κ1) is 14.6. The van der Waals surface area contributed by atoms with Crippen molar-refractivity contribution in [1.29, 1.82) is 0 Å². The van der Waals surface area contributed by atoms with E-state index in [1.54, 1.807) is 6.33 Å². The van der Waals surface area contributed by atoms with Crippen LogP contribution in [0.25, 0.3) is 11.0 Å². The highest BCUT2D eigenvalue weighted by Gasteiger charge is 2.46. The van der Waals surface area contributed by atoms with Crippen molar-refractivity contribution in [2.24, 2.45) is 0 Å². The van der Waals surface area contributed by atoms with Gasteiger partial charge in [-0.25, -0.2) is 15.0 Å². The normalized spacial score (nSPS) is 22.8. The fourth-order valence-electron chi connectivity index (χ4n) is 4.14. The summed E-state index contributed by atoms with van der Waals surface area (Å²) in [6.07, 6.45) is 6.31. The maximum absolute atomic E-state index is 6.48. The minimum absolute atomic E-state index is 0.0414. The van der Waals surface area contributed by atoms with Gasteiger partial charge in [0.15, 0.2) is 5.65 Å². The molecular weight excluding hydrogens is 290 g/mol. The van der Waals surface area contributed by atoms with Crippen molar-refractivity contribution in [3.05, 3.63) is 18.5 Å². The van der Waals surface area contributed by atoms with Gasteiger partial charge in [-0.1, -0.05) is 12.8 Å². The summed E-state index contributed by atoms with van der Waals surface area (Å²) in [5, 5.41) is 0.951. The Morgan fingerprint density at radius 2 is 1.91 bits per heavy atom. The highest BCUT2D eigenvalue weighted by atomic mass is 16.5. The summed E-state index contributed by atoms with van der Waals surface area (Å²) in [6, 6.07) is 3.78. The largest absolute Gasteiger partial charge is 0.384 e. The number of morpholine rings is 1. The minimum Gasteiger partial charge on any atom is -0.384 e. The Labute approximate surface area is 136 Å². The van der Waals surface area contributed by atoms with E-state index in [1.807, 2.05) is 12.1 Å². The van der Waals surface area contributed by atoms with Gasteiger partial charge in [-0.3, -0.25) is 0 Å². The molecule has 0 aromatic carbocycles. The summed E-state index contributed by atoms with van der Waals surface area (Å²) in [4.78, 5) is 15.5. The zero-order chi connectivity index (χ0) is 16.1. The molecule has 1 saturated heterocycles. The predicted octanol–water partition coefficient (Wildman–Crippen LogP) is 2.54. The van der Waals surface area contributed by atoms with Gasteiger partial charge in [0.25, 0.3) is 0 Å². The van der Waals surface area contributed by atoms with E-state index < -0.39 is 0 Å². The average Bonchev–Trinajstić information content (AvgIpc) is 2.91. The average molecular weight is 313 g/mol. The number of hydrogen-bond donors (Lipinski definition) is 1. The second-order valence-electron chi connectivity index (χ2n) is 7.41. The smallest absolute Gasteiger partial charge is 0.166 e. The van der Waals surface area contributed by atoms with Gasteiger partial charge in [0.2, 0.25) is 0 Å². The van der Waals surface area contributed by atoms with Crippen LogP contribution in [-0.2, 0) is 4.74 Å². The molecule has 0 radical (unpaired) electrons. The second kappa shape index (κ2) is 5.03. The van der Waals surface area contributed by atoms with Crippen molar-refractivity contribution in [3.8, 4) is 0 Å². The molecule has 2 aromatic rings. The van der Waals surface area contributed by atoms with Crippen LogP contribution in [0.3, 0.4) is 0 Å². The zero-order valence-electron chi connectivity index (χ0n) is 13.7. The lowest BCUT2D eigenvalue weighted by Crippen LogP contribution is -2.59. The molecular formula is C17H23N5O. The van der Waals surface area contributed by atoms with Crippen LogP contribution in [0.4, 0.5) is 11.6 Å². The van der Waals surface area contributed by atoms with Gasteiger partial charge in [0.05, 0.1) is 16.6 Å². The van der Waals surface area contributed by atoms with Crippen molar-refractivity contribution >= 4 is 22.7 Å². The molecule has 2 aromatic heterocycles. The number of nitrogens with two attached hydrogens (primary N) is 1. The van der Waals surface area contributed by atoms with E-state index in [-0.39, 0.29) is 11.2 Å². The number of pyridine rings is 1. The molecule has 6 heteroatoms. The molecule has 4 rings (SSSR count). The fourth-order valence-corrected chi connectivity index (χ4v) is 4.14. The standard InChI is InChI=1S/C17H23N5O/c1-16(2)9-22(10-17(23-16)7-3-4-8-17)15-12-5-6-13(18)21-14(12)19-11-20-15/h5-6,11H,3-4,7-10H2,1-2H3,(H2,18,19,20,21). The molecule has 0 bridgehead atoms. The highest BCUT2D eigenvalue weighted by Crippen LogP contribution is 2.42. The summed E-state index contributed by atoms with van der Waals surface area (Å²) < 4.78 is 6.48. The van der Waals surface area contributed by atoms with Crippen LogP contribution < -0.4 is 10.6 Å². The zero-order valence-corrected chi connectivity index (χ0v) is 13.7. The molecule has 1 aliphatic carbocycles. The van der Waals surface area contributed by atoms with E-state index in [0.717, 1.165) is 37.1 Å². The third-order valence-electron chi connectivity index (χ3n) is 4.86. The molecule has 1 aliphatic heterocycles. The first-order valence-corrected chi connectivity index (χ1v) is 8.29. The number of aromatic nitrogens is 3. The lowest BCUT2D eigenvalue weighted by molar-refractivity contribution is -0.148. The SMILES string of the molecule is CC1(C)CN(c2ncnc3nc(N)ccc23)CC2(CCCC2)O1. The Hall–Kier alpha value is -1.95. The highest BCUT2D eigenvalue weighted by molar-refractivity contribution is 5.87. The van der Waals surface area contributed by atoms with Crippen molar-refractivity contribution in [1.82, 2.24) is 15.0 Å². The maximum atomic E-state index is 6.48. The van der Waals surface area contributed by atoms with Crippen LogP contribution in [0.5, 0.6) is 0 Å². The van der Waals surface area contributed by atoms with E-state index in [0.29, 0.717) is 11.5 Å². The Kier molecular flexibility index (Phi) is 3.20. The first-order valence-electron chi connectivity index (χ1n) is 8.29. The molecule has 1 saturated carbocycles. The van der Waals surface area contributed by atoms with E-state index in [1.165, 1.54) is 12.8 Å². The molecule has 3 heterocycles. The number of rotatable bonds is 1. The number of fused-ring (bicyclic) bond motifs is 1. The number of ether oxygens (including phenoxy) is 1. The number of nitrogens with zero attached hydrogens (tertiary/aromatic N) is 4. The molecule has 0 amide bonds. The third kappa shape index (κ3) is 2.61. The third-order valence-corrected chi connectivity index (χ3v) is 4.86. The Balaban J connectivity index is 1.77. The van der Waals surface area contributed by atoms with Gasteiger partial charge in [0, 0.05) is 13.1 Å². The van der Waals surface area contributed by atoms with E-state index >= 15 is 0 Å². The number of hydrogen-bond acceptors (Lipinski definition) is 6. The Morgan fingerprint density at radius 3 is 2.70 bits per heavy atom. The van der Waals surface area contributed by atoms with Crippen LogP contribution >= 0.6 is 0 Å². The van der Waals surface area contributed by atoms with Gasteiger partial charge < -0.3 is 15.4 Å². The minimum atomic E-state index is -0.193. The van der Waals surface area contributed by atoms with Crippen LogP contribution in [0.2, 0.25) is 0 Å². The van der Waals surface area contributed by atoms with Crippen molar-refractivity contribution in [2.75, 3.05) is 23.7 Å². The summed E-state index contributed by atoms with van der Waals surface area (Å²) in [6.45, 7) is 6.02. The van der Waals surface area contributed by atoms with Gasteiger partial charge in [-0.2, -0.15) is 0 Å². The van der Waals surface area contributed by atoms with Gasteiger partial charge in [0.1, 0.15) is 18.0 Å². The number of nitrogen functional groups attached to an aromatic ring is 1. The lowest BCUT2D eigenvalue weighted by Gasteiger charge is -2.49. The maximum Gasteiger partial charge on any atom is 0.166 e. The summed E-state index contributed by atoms with van der Waals surface area (Å²) in [5.41, 5.74) is 6.20. The monoisotopic (exact) mass is 313 g/mol. The number of anilines is 2. The Bertz CT molecular complexity index is 739. The molecule has 23 heavy (non-hydrogen) atoms. The fraction of sp³-hybridized carbons (Fsp3) is 0.588. The van der Waals surface area contributed by atoms with Crippen molar-refractivity contribution < 1.29 is 4.74 Å². The summed E-state index contributed by atoms with van der Waals surface area (Å²) in [7, 11) is 0. The molecule has 2 fully saturated rings. The summed E-state index contributed by atoms with van der Waals surface area (Å²) in [5.74, 6) is 1.42. The molecule has 2 N–H and O–H groups in total. The molecule has 122 valence electrons. The topological polar surface area (TPSA) is 77.2 Å². The first-order chi connectivity index (χ1) is 11.0. The molecule has 0 atom stereocenters. The van der Waals surface area contributed by atoms with E-state index in [4.69, 9.17) is 10.5 Å². The van der Waals surface area contributed by atoms with E-state index in [2.05, 4.69) is 33.7 Å². The van der Waals surface area contributed by atoms with Crippen molar-refractivity contribution in [2.45, 2.75) is 50.7 Å². The Morgan fingerprint density at radius 1 is 1.13 bits per heavy atom. The van der Waals surface area contributed by atoms with Crippen LogP contribution in [0, 0.1) is 0 Å². The molecule has 1 spiro atoms. The van der Waals surface area contributed by atoms with Crippen molar-refractivity contribution in [3.63, 3.8) is 0 Å². The second-order valence-corrected chi connectivity index (χ2v) is 7.41. The van der Waals surface area contributed by atoms with Gasteiger partial charge in [-0.15, -0.1) is 0 Å². The molecule has 0 unspecified atom stereocenters. The molecule has 2 aliphatic rings. The molecule has 6 nitrogen and oxygen atoms in total.